The van der Waals surface area contributed by atoms with Gasteiger partial charge in [-0.2, -0.15) is 5.10 Å². The lowest BCUT2D eigenvalue weighted by Gasteiger charge is -2.33. The molecule has 122 valence electrons. The summed E-state index contributed by atoms with van der Waals surface area (Å²) in [6.07, 6.45) is 3.47. The second kappa shape index (κ2) is 5.45. The zero-order valence-corrected chi connectivity index (χ0v) is 13.3. The highest BCUT2D eigenvalue weighted by Gasteiger charge is 2.32. The molecule has 2 fully saturated rings. The molecule has 1 aliphatic carbocycles. The van der Waals surface area contributed by atoms with Crippen LogP contribution in [0.2, 0.25) is 0 Å². The van der Waals surface area contributed by atoms with Crippen molar-refractivity contribution in [2.24, 2.45) is 7.05 Å². The highest BCUT2D eigenvalue weighted by molar-refractivity contribution is 5.88. The Morgan fingerprint density at radius 3 is 3.00 bits per heavy atom. The van der Waals surface area contributed by atoms with Gasteiger partial charge in [-0.3, -0.25) is 9.48 Å². The van der Waals surface area contributed by atoms with Crippen molar-refractivity contribution in [3.8, 4) is 0 Å². The molecule has 2 aliphatic rings. The second-order valence-electron chi connectivity index (χ2n) is 6.19. The number of aromatic nitrogens is 4. The molecular formula is C15H20N6O2. The summed E-state index contributed by atoms with van der Waals surface area (Å²) in [4.78, 5) is 23.4. The molecular weight excluding hydrogens is 296 g/mol. The number of rotatable bonds is 3. The van der Waals surface area contributed by atoms with Gasteiger partial charge in [0.05, 0.1) is 24.7 Å². The lowest BCUT2D eigenvalue weighted by Crippen LogP contribution is -2.50. The fourth-order valence-corrected chi connectivity index (χ4v) is 2.88. The van der Waals surface area contributed by atoms with Gasteiger partial charge in [-0.05, 0) is 19.8 Å². The first kappa shape index (κ1) is 14.4. The number of amides is 1. The lowest BCUT2D eigenvalue weighted by molar-refractivity contribution is -0.133. The first-order chi connectivity index (χ1) is 11.1. The third-order valence-corrected chi connectivity index (χ3v) is 4.27. The lowest BCUT2D eigenvalue weighted by atomic mass is 10.2. The zero-order valence-electron chi connectivity index (χ0n) is 13.3. The number of morpholine rings is 1. The Morgan fingerprint density at radius 1 is 1.39 bits per heavy atom. The summed E-state index contributed by atoms with van der Waals surface area (Å²) in [5, 5.41) is 8.18. The molecule has 1 aliphatic heterocycles. The smallest absolute Gasteiger partial charge is 0.251 e. The van der Waals surface area contributed by atoms with Crippen LogP contribution in [0.15, 0.2) is 6.20 Å². The van der Waals surface area contributed by atoms with E-state index >= 15 is 0 Å². The standard InChI is InChI=1S/C15H20N6O2/c1-9-17-13-11(7-16-20(13)2)14(18-9)21-5-6-23-12(8-21)15(22)19-10-3-4-10/h7,10,12H,3-6,8H2,1-2H3,(H,19,22). The van der Waals surface area contributed by atoms with Crippen molar-refractivity contribution in [3.05, 3.63) is 12.0 Å². The molecule has 0 aromatic carbocycles. The number of carbonyl (C=O) groups excluding carboxylic acids is 1. The number of ether oxygens (including phenoxy) is 1. The molecule has 8 heteroatoms. The van der Waals surface area contributed by atoms with Crippen molar-refractivity contribution in [3.63, 3.8) is 0 Å². The molecule has 0 radical (unpaired) electrons. The monoisotopic (exact) mass is 316 g/mol. The van der Waals surface area contributed by atoms with E-state index in [9.17, 15) is 4.79 Å². The molecule has 8 nitrogen and oxygen atoms in total. The highest BCUT2D eigenvalue weighted by atomic mass is 16.5. The molecule has 4 rings (SSSR count). The molecule has 2 aromatic rings. The number of nitrogens with one attached hydrogen (secondary N) is 1. The van der Waals surface area contributed by atoms with Crippen LogP contribution in [0.1, 0.15) is 18.7 Å². The molecule has 23 heavy (non-hydrogen) atoms. The van der Waals surface area contributed by atoms with E-state index in [1.165, 1.54) is 0 Å². The molecule has 1 saturated heterocycles. The van der Waals surface area contributed by atoms with Crippen LogP contribution >= 0.6 is 0 Å². The predicted octanol–water partition coefficient (Wildman–Crippen LogP) is 0.156. The average molecular weight is 316 g/mol. The van der Waals surface area contributed by atoms with Crippen LogP contribution < -0.4 is 10.2 Å². The van der Waals surface area contributed by atoms with E-state index in [4.69, 9.17) is 4.74 Å². The Morgan fingerprint density at radius 2 is 2.22 bits per heavy atom. The number of anilines is 1. The Labute approximate surface area is 133 Å². The average Bonchev–Trinajstić information content (AvgIpc) is 3.29. The Kier molecular flexibility index (Phi) is 3.41. The number of hydrogen-bond donors (Lipinski definition) is 1. The number of nitrogens with zero attached hydrogens (tertiary/aromatic N) is 5. The van der Waals surface area contributed by atoms with Gasteiger partial charge in [-0.1, -0.05) is 0 Å². The van der Waals surface area contributed by atoms with E-state index < -0.39 is 6.10 Å². The summed E-state index contributed by atoms with van der Waals surface area (Å²) in [5.74, 6) is 1.50. The van der Waals surface area contributed by atoms with Crippen LogP contribution in [-0.4, -0.2) is 57.5 Å². The highest BCUT2D eigenvalue weighted by Crippen LogP contribution is 2.25. The van der Waals surface area contributed by atoms with Crippen LogP contribution in [-0.2, 0) is 16.6 Å². The van der Waals surface area contributed by atoms with Gasteiger partial charge in [0.2, 0.25) is 0 Å². The summed E-state index contributed by atoms with van der Waals surface area (Å²) in [5.41, 5.74) is 0.804. The number of hydrogen-bond acceptors (Lipinski definition) is 6. The second-order valence-corrected chi connectivity index (χ2v) is 6.19. The molecule has 1 atom stereocenters. The summed E-state index contributed by atoms with van der Waals surface area (Å²) in [6, 6.07) is 0.341. The normalized spacial score (nSPS) is 21.7. The SMILES string of the molecule is Cc1nc(N2CCOC(C(=O)NC3CC3)C2)c2cnn(C)c2n1. The van der Waals surface area contributed by atoms with E-state index in [0.29, 0.717) is 31.6 Å². The molecule has 1 unspecified atom stereocenters. The maximum atomic E-state index is 12.2. The Balaban J connectivity index is 1.60. The van der Waals surface area contributed by atoms with Gasteiger partial charge in [0.15, 0.2) is 11.8 Å². The van der Waals surface area contributed by atoms with Crippen molar-refractivity contribution in [2.45, 2.75) is 31.9 Å². The topological polar surface area (TPSA) is 85.2 Å². The Hall–Kier alpha value is -2.22. The minimum absolute atomic E-state index is 0.0228. The van der Waals surface area contributed by atoms with Crippen molar-refractivity contribution < 1.29 is 9.53 Å². The van der Waals surface area contributed by atoms with E-state index in [1.807, 2.05) is 14.0 Å². The molecule has 1 amide bonds. The predicted molar refractivity (Wildman–Crippen MR) is 84.2 cm³/mol. The number of carbonyl (C=O) groups is 1. The fourth-order valence-electron chi connectivity index (χ4n) is 2.88. The first-order valence-electron chi connectivity index (χ1n) is 7.95. The van der Waals surface area contributed by atoms with Gasteiger partial charge in [-0.15, -0.1) is 0 Å². The van der Waals surface area contributed by atoms with Crippen molar-refractivity contribution in [1.29, 1.82) is 0 Å². The van der Waals surface area contributed by atoms with Gasteiger partial charge < -0.3 is 15.0 Å². The van der Waals surface area contributed by atoms with Crippen molar-refractivity contribution in [1.82, 2.24) is 25.1 Å². The largest absolute Gasteiger partial charge is 0.365 e. The van der Waals surface area contributed by atoms with E-state index in [1.54, 1.807) is 10.9 Å². The first-order valence-corrected chi connectivity index (χ1v) is 7.95. The van der Waals surface area contributed by atoms with Gasteiger partial charge in [0.25, 0.3) is 5.91 Å². The number of aryl methyl sites for hydroxylation is 2. The van der Waals surface area contributed by atoms with Crippen molar-refractivity contribution in [2.75, 3.05) is 24.6 Å². The van der Waals surface area contributed by atoms with Gasteiger partial charge >= 0.3 is 0 Å². The quantitative estimate of drug-likeness (QED) is 0.868. The van der Waals surface area contributed by atoms with E-state index in [2.05, 4.69) is 25.3 Å². The van der Waals surface area contributed by atoms with Crippen LogP contribution in [0.5, 0.6) is 0 Å². The Bertz CT molecular complexity index is 754. The van der Waals surface area contributed by atoms with Crippen LogP contribution in [0, 0.1) is 6.92 Å². The van der Waals surface area contributed by atoms with Gasteiger partial charge in [0, 0.05) is 19.6 Å². The third kappa shape index (κ3) is 2.74. The van der Waals surface area contributed by atoms with E-state index in [-0.39, 0.29) is 5.91 Å². The zero-order chi connectivity index (χ0) is 16.0. The molecule has 3 heterocycles. The minimum atomic E-state index is -0.452. The molecule has 0 spiro atoms. The summed E-state index contributed by atoms with van der Waals surface area (Å²) in [7, 11) is 1.86. The molecule has 0 bridgehead atoms. The summed E-state index contributed by atoms with van der Waals surface area (Å²) >= 11 is 0. The molecule has 1 N–H and O–H groups in total. The van der Waals surface area contributed by atoms with Crippen molar-refractivity contribution >= 4 is 22.8 Å². The minimum Gasteiger partial charge on any atom is -0.365 e. The summed E-state index contributed by atoms with van der Waals surface area (Å²) in [6.45, 7) is 3.58. The van der Waals surface area contributed by atoms with Crippen LogP contribution in [0.25, 0.3) is 11.0 Å². The maximum absolute atomic E-state index is 12.2. The fraction of sp³-hybridized carbons (Fsp3) is 0.600. The maximum Gasteiger partial charge on any atom is 0.251 e. The van der Waals surface area contributed by atoms with Crippen LogP contribution in [0.4, 0.5) is 5.82 Å². The van der Waals surface area contributed by atoms with Gasteiger partial charge in [-0.25, -0.2) is 9.97 Å². The number of fused-ring (bicyclic) bond motifs is 1. The molecule has 2 aromatic heterocycles. The molecule has 1 saturated carbocycles. The summed E-state index contributed by atoms with van der Waals surface area (Å²) < 4.78 is 7.39. The van der Waals surface area contributed by atoms with Gasteiger partial charge in [0.1, 0.15) is 11.6 Å². The third-order valence-electron chi connectivity index (χ3n) is 4.27. The van der Waals surface area contributed by atoms with Crippen LogP contribution in [0.3, 0.4) is 0 Å². The van der Waals surface area contributed by atoms with E-state index in [0.717, 1.165) is 29.7 Å².